The third-order valence-corrected chi connectivity index (χ3v) is 3.41. The summed E-state index contributed by atoms with van der Waals surface area (Å²) in [4.78, 5) is 16.9. The number of pyridine rings is 1. The van der Waals surface area contributed by atoms with Gasteiger partial charge < -0.3 is 4.90 Å². The molecule has 0 bridgehead atoms. The van der Waals surface area contributed by atoms with E-state index < -0.39 is 17.5 Å². The van der Waals surface area contributed by atoms with Crippen LogP contribution in [-0.2, 0) is 6.54 Å². The predicted octanol–water partition coefficient (Wildman–Crippen LogP) is 2.23. The first-order chi connectivity index (χ1) is 10.0. The molecule has 7 heteroatoms. The Morgan fingerprint density at radius 3 is 2.86 bits per heavy atom. The molecule has 2 aromatic rings. The number of carbonyl (C=O) groups is 1. The molecule has 2 heterocycles. The van der Waals surface area contributed by atoms with Crippen molar-refractivity contribution in [3.8, 4) is 0 Å². The second kappa shape index (κ2) is 5.23. The zero-order valence-corrected chi connectivity index (χ0v) is 11.4. The minimum Gasteiger partial charge on any atom is -0.334 e. The van der Waals surface area contributed by atoms with E-state index in [9.17, 15) is 13.6 Å². The Hall–Kier alpha value is -2.31. The molecule has 0 radical (unpaired) electrons. The molecule has 1 aliphatic carbocycles. The van der Waals surface area contributed by atoms with Crippen LogP contribution >= 0.6 is 0 Å². The summed E-state index contributed by atoms with van der Waals surface area (Å²) in [7, 11) is 1.53. The maximum Gasteiger partial charge on any atom is 0.275 e. The van der Waals surface area contributed by atoms with Crippen LogP contribution < -0.4 is 0 Å². The summed E-state index contributed by atoms with van der Waals surface area (Å²) in [6, 6.07) is 2.56. The highest BCUT2D eigenvalue weighted by Crippen LogP contribution is 2.39. The summed E-state index contributed by atoms with van der Waals surface area (Å²) in [5, 5.41) is 7.06. The van der Waals surface area contributed by atoms with E-state index in [1.165, 1.54) is 11.9 Å². The first-order valence-corrected chi connectivity index (χ1v) is 6.65. The molecular weight excluding hydrogens is 278 g/mol. The highest BCUT2D eigenvalue weighted by Gasteiger charge is 2.26. The van der Waals surface area contributed by atoms with Crippen LogP contribution in [0.15, 0.2) is 18.3 Å². The summed E-state index contributed by atoms with van der Waals surface area (Å²) >= 11 is 0. The van der Waals surface area contributed by atoms with E-state index in [1.54, 1.807) is 0 Å². The summed E-state index contributed by atoms with van der Waals surface area (Å²) < 4.78 is 26.4. The number of aromatic amines is 1. The van der Waals surface area contributed by atoms with Crippen molar-refractivity contribution < 1.29 is 13.6 Å². The minimum atomic E-state index is -0.963. The number of nitrogens with one attached hydrogen (secondary N) is 1. The van der Waals surface area contributed by atoms with Gasteiger partial charge in [-0.1, -0.05) is 0 Å². The molecule has 5 nitrogen and oxygen atoms in total. The van der Waals surface area contributed by atoms with Gasteiger partial charge in [0, 0.05) is 19.0 Å². The summed E-state index contributed by atoms with van der Waals surface area (Å²) in [6.07, 6.45) is 3.11. The molecular formula is C14H14F2N4O. The molecule has 110 valence electrons. The fourth-order valence-corrected chi connectivity index (χ4v) is 2.13. The number of amides is 1. The Bertz CT molecular complexity index is 681. The lowest BCUT2D eigenvalue weighted by molar-refractivity contribution is 0.0772. The van der Waals surface area contributed by atoms with Gasteiger partial charge in [0.1, 0.15) is 5.82 Å². The molecule has 0 spiro atoms. The van der Waals surface area contributed by atoms with Crippen LogP contribution in [0.1, 0.15) is 40.6 Å². The SMILES string of the molecule is CN(Cc1cc(C2CC2)n[nH]1)C(=O)c1ncc(F)cc1F. The number of hydrogen-bond donors (Lipinski definition) is 1. The molecule has 1 N–H and O–H groups in total. The summed E-state index contributed by atoms with van der Waals surface area (Å²) in [5.74, 6) is -1.85. The summed E-state index contributed by atoms with van der Waals surface area (Å²) in [6.45, 7) is 0.261. The van der Waals surface area contributed by atoms with Gasteiger partial charge in [-0.25, -0.2) is 13.8 Å². The van der Waals surface area contributed by atoms with Gasteiger partial charge in [-0.2, -0.15) is 5.10 Å². The summed E-state index contributed by atoms with van der Waals surface area (Å²) in [5.41, 5.74) is 1.38. The molecule has 1 fully saturated rings. The topological polar surface area (TPSA) is 61.9 Å². The maximum absolute atomic E-state index is 13.5. The van der Waals surface area contributed by atoms with Crippen LogP contribution in [0, 0.1) is 11.6 Å². The van der Waals surface area contributed by atoms with Crippen LogP contribution in [0.4, 0.5) is 8.78 Å². The first-order valence-electron chi connectivity index (χ1n) is 6.65. The Balaban J connectivity index is 1.71. The van der Waals surface area contributed by atoms with Crippen LogP contribution in [0.5, 0.6) is 0 Å². The Kier molecular flexibility index (Phi) is 3.40. The average molecular weight is 292 g/mol. The number of hydrogen-bond acceptors (Lipinski definition) is 3. The lowest BCUT2D eigenvalue weighted by atomic mass is 10.2. The van der Waals surface area contributed by atoms with E-state index in [-0.39, 0.29) is 12.2 Å². The van der Waals surface area contributed by atoms with Gasteiger partial charge in [0.05, 0.1) is 24.1 Å². The number of rotatable bonds is 4. The molecule has 0 unspecified atom stereocenters. The van der Waals surface area contributed by atoms with E-state index in [4.69, 9.17) is 0 Å². The van der Waals surface area contributed by atoms with Crippen LogP contribution in [-0.4, -0.2) is 33.0 Å². The van der Waals surface area contributed by atoms with Gasteiger partial charge in [-0.15, -0.1) is 0 Å². The molecule has 3 rings (SSSR count). The van der Waals surface area contributed by atoms with Crippen molar-refractivity contribution in [3.63, 3.8) is 0 Å². The van der Waals surface area contributed by atoms with Crippen LogP contribution in [0.3, 0.4) is 0 Å². The molecule has 1 saturated carbocycles. The monoisotopic (exact) mass is 292 g/mol. The molecule has 0 aliphatic heterocycles. The fourth-order valence-electron chi connectivity index (χ4n) is 2.13. The normalized spacial score (nSPS) is 14.2. The van der Waals surface area contributed by atoms with Crippen molar-refractivity contribution in [1.82, 2.24) is 20.1 Å². The number of H-pyrrole nitrogens is 1. The second-order valence-corrected chi connectivity index (χ2v) is 5.24. The zero-order valence-electron chi connectivity index (χ0n) is 11.4. The second-order valence-electron chi connectivity index (χ2n) is 5.24. The quantitative estimate of drug-likeness (QED) is 0.940. The van der Waals surface area contributed by atoms with Crippen molar-refractivity contribution in [2.45, 2.75) is 25.3 Å². The number of carbonyl (C=O) groups excluding carboxylic acids is 1. The minimum absolute atomic E-state index is 0.261. The molecule has 2 aromatic heterocycles. The third-order valence-electron chi connectivity index (χ3n) is 3.41. The van der Waals surface area contributed by atoms with E-state index in [2.05, 4.69) is 15.2 Å². The van der Waals surface area contributed by atoms with Gasteiger partial charge in [-0.05, 0) is 18.9 Å². The predicted molar refractivity (Wildman–Crippen MR) is 70.5 cm³/mol. The lowest BCUT2D eigenvalue weighted by Crippen LogP contribution is -2.28. The van der Waals surface area contributed by atoms with Gasteiger partial charge in [-0.3, -0.25) is 9.89 Å². The van der Waals surface area contributed by atoms with E-state index in [0.717, 1.165) is 30.4 Å². The van der Waals surface area contributed by atoms with Crippen LogP contribution in [0.25, 0.3) is 0 Å². The van der Waals surface area contributed by atoms with Crippen molar-refractivity contribution in [2.75, 3.05) is 7.05 Å². The zero-order chi connectivity index (χ0) is 15.0. The van der Waals surface area contributed by atoms with Crippen molar-refractivity contribution >= 4 is 5.91 Å². The van der Waals surface area contributed by atoms with Gasteiger partial charge in [0.15, 0.2) is 11.5 Å². The fraction of sp³-hybridized carbons (Fsp3) is 0.357. The van der Waals surface area contributed by atoms with E-state index in [1.807, 2.05) is 6.07 Å². The molecule has 0 atom stereocenters. The molecule has 21 heavy (non-hydrogen) atoms. The van der Waals surface area contributed by atoms with Crippen molar-refractivity contribution in [1.29, 1.82) is 0 Å². The number of halogens is 2. The molecule has 0 aromatic carbocycles. The van der Waals surface area contributed by atoms with Gasteiger partial charge in [0.2, 0.25) is 0 Å². The highest BCUT2D eigenvalue weighted by atomic mass is 19.1. The number of nitrogens with zero attached hydrogens (tertiary/aromatic N) is 3. The first kappa shape index (κ1) is 13.7. The Labute approximate surface area is 120 Å². The van der Waals surface area contributed by atoms with Crippen molar-refractivity contribution in [2.24, 2.45) is 0 Å². The van der Waals surface area contributed by atoms with E-state index >= 15 is 0 Å². The van der Waals surface area contributed by atoms with Crippen LogP contribution in [0.2, 0.25) is 0 Å². The Morgan fingerprint density at radius 2 is 2.19 bits per heavy atom. The maximum atomic E-state index is 13.5. The molecule has 1 aliphatic rings. The van der Waals surface area contributed by atoms with Gasteiger partial charge >= 0.3 is 0 Å². The smallest absolute Gasteiger partial charge is 0.275 e. The molecule has 1 amide bonds. The standard InChI is InChI=1S/C14H14F2N4O/c1-20(7-10-5-12(19-18-10)8-2-3-8)14(21)13-11(16)4-9(15)6-17-13/h4-6,8H,2-3,7H2,1H3,(H,18,19). The van der Waals surface area contributed by atoms with Gasteiger partial charge in [0.25, 0.3) is 5.91 Å². The Morgan fingerprint density at radius 1 is 1.43 bits per heavy atom. The average Bonchev–Trinajstić information content (AvgIpc) is 3.19. The largest absolute Gasteiger partial charge is 0.334 e. The lowest BCUT2D eigenvalue weighted by Gasteiger charge is -2.15. The molecule has 0 saturated heterocycles. The highest BCUT2D eigenvalue weighted by molar-refractivity contribution is 5.92. The van der Waals surface area contributed by atoms with Crippen molar-refractivity contribution in [3.05, 3.63) is 47.0 Å². The third kappa shape index (κ3) is 2.91. The number of aromatic nitrogens is 3. The van der Waals surface area contributed by atoms with E-state index in [0.29, 0.717) is 12.0 Å².